The van der Waals surface area contributed by atoms with Gasteiger partial charge in [-0.2, -0.15) is 0 Å². The Morgan fingerprint density at radius 1 is 0.897 bits per heavy atom. The van der Waals surface area contributed by atoms with Crippen molar-refractivity contribution in [3.63, 3.8) is 0 Å². The fourth-order valence-electron chi connectivity index (χ4n) is 5.36. The van der Waals surface area contributed by atoms with E-state index in [1.165, 1.54) is 31.5 Å². The minimum atomic E-state index is 0.0926. The number of piperidine rings is 1. The number of hydrogen-bond acceptors (Lipinski definition) is 2. The van der Waals surface area contributed by atoms with Gasteiger partial charge in [-0.1, -0.05) is 48.5 Å². The number of nitrogens with one attached hydrogen (secondary N) is 1. The fourth-order valence-corrected chi connectivity index (χ4v) is 5.36. The molecule has 1 aromatic heterocycles. The lowest BCUT2D eigenvalue weighted by atomic mass is 9.79. The summed E-state index contributed by atoms with van der Waals surface area (Å²) in [5.74, 6) is 0.248. The SMILES string of the molecule is O=C(Cc1c[nH]c2ccccc12)N1CCC(c2ccccc2)(N2CCCC2)CC1. The zero-order chi connectivity index (χ0) is 19.7. The first-order valence-corrected chi connectivity index (χ1v) is 10.9. The summed E-state index contributed by atoms with van der Waals surface area (Å²) in [5, 5.41) is 1.16. The molecule has 0 saturated carbocycles. The van der Waals surface area contributed by atoms with Gasteiger partial charge in [0, 0.05) is 35.7 Å². The van der Waals surface area contributed by atoms with Crippen LogP contribution in [0.1, 0.15) is 36.8 Å². The Labute approximate surface area is 172 Å². The van der Waals surface area contributed by atoms with E-state index in [-0.39, 0.29) is 11.4 Å². The molecule has 3 aromatic rings. The van der Waals surface area contributed by atoms with Gasteiger partial charge >= 0.3 is 0 Å². The zero-order valence-electron chi connectivity index (χ0n) is 16.9. The zero-order valence-corrected chi connectivity index (χ0v) is 16.9. The number of nitrogens with zero attached hydrogens (tertiary/aromatic N) is 2. The number of aromatic nitrogens is 1. The number of amides is 1. The Bertz CT molecular complexity index is 979. The van der Waals surface area contributed by atoms with Crippen molar-refractivity contribution in [1.82, 2.24) is 14.8 Å². The first-order valence-electron chi connectivity index (χ1n) is 10.9. The van der Waals surface area contributed by atoms with Crippen LogP contribution in [-0.2, 0) is 16.8 Å². The first-order chi connectivity index (χ1) is 14.3. The minimum absolute atomic E-state index is 0.0926. The molecule has 5 rings (SSSR count). The molecule has 3 heterocycles. The number of aromatic amines is 1. The third-order valence-electron chi connectivity index (χ3n) is 6.98. The lowest BCUT2D eigenvalue weighted by molar-refractivity contribution is -0.133. The number of hydrogen-bond donors (Lipinski definition) is 1. The van der Waals surface area contributed by atoms with Gasteiger partial charge in [0.05, 0.1) is 6.42 Å². The molecule has 0 unspecified atom stereocenters. The Kier molecular flexibility index (Phi) is 4.88. The van der Waals surface area contributed by atoms with Gasteiger partial charge < -0.3 is 9.88 Å². The van der Waals surface area contributed by atoms with Gasteiger partial charge in [0.1, 0.15) is 0 Å². The quantitative estimate of drug-likeness (QED) is 0.724. The van der Waals surface area contributed by atoms with Crippen LogP contribution in [0.5, 0.6) is 0 Å². The van der Waals surface area contributed by atoms with Crippen molar-refractivity contribution in [1.29, 1.82) is 0 Å². The number of para-hydroxylation sites is 1. The number of rotatable bonds is 4. The second-order valence-corrected chi connectivity index (χ2v) is 8.51. The highest BCUT2D eigenvalue weighted by molar-refractivity contribution is 5.88. The number of carbonyl (C=O) groups excluding carboxylic acids is 1. The fraction of sp³-hybridized carbons (Fsp3) is 0.400. The highest BCUT2D eigenvalue weighted by Crippen LogP contribution is 2.41. The van der Waals surface area contributed by atoms with Crippen LogP contribution in [-0.4, -0.2) is 46.9 Å². The predicted molar refractivity (Wildman–Crippen MR) is 117 cm³/mol. The van der Waals surface area contributed by atoms with Gasteiger partial charge in [-0.25, -0.2) is 0 Å². The second-order valence-electron chi connectivity index (χ2n) is 8.51. The summed E-state index contributed by atoms with van der Waals surface area (Å²) >= 11 is 0. The molecule has 0 spiro atoms. The van der Waals surface area contributed by atoms with E-state index < -0.39 is 0 Å². The number of likely N-dealkylation sites (tertiary alicyclic amines) is 2. The van der Waals surface area contributed by atoms with Gasteiger partial charge in [0.25, 0.3) is 0 Å². The van der Waals surface area contributed by atoms with Gasteiger partial charge in [-0.15, -0.1) is 0 Å². The smallest absolute Gasteiger partial charge is 0.227 e. The van der Waals surface area contributed by atoms with Crippen molar-refractivity contribution in [2.24, 2.45) is 0 Å². The van der Waals surface area contributed by atoms with Crippen molar-refractivity contribution in [3.8, 4) is 0 Å². The maximum Gasteiger partial charge on any atom is 0.227 e. The third kappa shape index (κ3) is 3.36. The van der Waals surface area contributed by atoms with E-state index in [4.69, 9.17) is 0 Å². The van der Waals surface area contributed by atoms with E-state index in [2.05, 4.69) is 57.2 Å². The summed E-state index contributed by atoms with van der Waals surface area (Å²) in [6.07, 6.45) is 7.10. The molecule has 0 bridgehead atoms. The molecule has 4 heteroatoms. The maximum absolute atomic E-state index is 13.1. The summed E-state index contributed by atoms with van der Waals surface area (Å²) < 4.78 is 0. The minimum Gasteiger partial charge on any atom is -0.361 e. The number of benzene rings is 2. The van der Waals surface area contributed by atoms with E-state index >= 15 is 0 Å². The number of fused-ring (bicyclic) bond motifs is 1. The molecule has 4 nitrogen and oxygen atoms in total. The monoisotopic (exact) mass is 387 g/mol. The third-order valence-corrected chi connectivity index (χ3v) is 6.98. The number of H-pyrrole nitrogens is 1. The van der Waals surface area contributed by atoms with Crippen LogP contribution in [0, 0.1) is 0 Å². The molecule has 0 radical (unpaired) electrons. The van der Waals surface area contributed by atoms with Crippen molar-refractivity contribution in [3.05, 3.63) is 71.9 Å². The molecule has 29 heavy (non-hydrogen) atoms. The van der Waals surface area contributed by atoms with Crippen LogP contribution in [0.25, 0.3) is 10.9 Å². The van der Waals surface area contributed by atoms with E-state index in [0.29, 0.717) is 6.42 Å². The van der Waals surface area contributed by atoms with Crippen LogP contribution in [0.3, 0.4) is 0 Å². The van der Waals surface area contributed by atoms with Crippen LogP contribution < -0.4 is 0 Å². The molecular weight excluding hydrogens is 358 g/mol. The van der Waals surface area contributed by atoms with Crippen molar-refractivity contribution < 1.29 is 4.79 Å². The first kappa shape index (κ1) is 18.4. The molecule has 150 valence electrons. The molecule has 2 aliphatic heterocycles. The van der Waals surface area contributed by atoms with Crippen LogP contribution in [0.4, 0.5) is 0 Å². The van der Waals surface area contributed by atoms with Crippen molar-refractivity contribution in [2.45, 2.75) is 37.6 Å². The largest absolute Gasteiger partial charge is 0.361 e. The molecule has 0 atom stereocenters. The Hall–Kier alpha value is -2.59. The molecule has 2 fully saturated rings. The van der Waals surface area contributed by atoms with E-state index in [9.17, 15) is 4.79 Å². The normalized spacial score (nSPS) is 19.7. The molecule has 1 amide bonds. The molecule has 2 aromatic carbocycles. The second kappa shape index (κ2) is 7.68. The molecule has 2 aliphatic rings. The van der Waals surface area contributed by atoms with Crippen LogP contribution in [0.15, 0.2) is 60.8 Å². The lowest BCUT2D eigenvalue weighted by Crippen LogP contribution is -2.53. The molecule has 2 saturated heterocycles. The van der Waals surface area contributed by atoms with Crippen molar-refractivity contribution in [2.75, 3.05) is 26.2 Å². The Morgan fingerprint density at radius 2 is 1.59 bits per heavy atom. The standard InChI is InChI=1S/C25H29N3O/c29-24(18-20-19-26-23-11-5-4-10-22(20)23)27-16-12-25(13-17-27,28-14-6-7-15-28)21-8-2-1-3-9-21/h1-5,8-11,19,26H,6-7,12-18H2. The van der Waals surface area contributed by atoms with Gasteiger partial charge in [-0.05, 0) is 56.0 Å². The summed E-state index contributed by atoms with van der Waals surface area (Å²) in [5.41, 5.74) is 3.72. The predicted octanol–water partition coefficient (Wildman–Crippen LogP) is 4.32. The van der Waals surface area contributed by atoms with E-state index in [1.807, 2.05) is 18.3 Å². The Balaban J connectivity index is 1.32. The number of carbonyl (C=O) groups is 1. The average Bonchev–Trinajstić information content (AvgIpc) is 3.46. The highest BCUT2D eigenvalue weighted by atomic mass is 16.2. The van der Waals surface area contributed by atoms with Gasteiger partial charge in [-0.3, -0.25) is 9.69 Å². The summed E-state index contributed by atoms with van der Waals surface area (Å²) in [7, 11) is 0. The molecule has 1 N–H and O–H groups in total. The van der Waals surface area contributed by atoms with E-state index in [0.717, 1.165) is 42.4 Å². The maximum atomic E-state index is 13.1. The lowest BCUT2D eigenvalue weighted by Gasteiger charge is -2.48. The van der Waals surface area contributed by atoms with Crippen LogP contribution in [0.2, 0.25) is 0 Å². The van der Waals surface area contributed by atoms with E-state index in [1.54, 1.807) is 0 Å². The Morgan fingerprint density at radius 3 is 2.34 bits per heavy atom. The topological polar surface area (TPSA) is 39.3 Å². The summed E-state index contributed by atoms with van der Waals surface area (Å²) in [6.45, 7) is 4.04. The van der Waals surface area contributed by atoms with Crippen LogP contribution >= 0.6 is 0 Å². The highest BCUT2D eigenvalue weighted by Gasteiger charge is 2.42. The summed E-state index contributed by atoms with van der Waals surface area (Å²) in [4.78, 5) is 21.1. The summed E-state index contributed by atoms with van der Waals surface area (Å²) in [6, 6.07) is 19.2. The molecular formula is C25H29N3O. The van der Waals surface area contributed by atoms with Gasteiger partial charge in [0.2, 0.25) is 5.91 Å². The van der Waals surface area contributed by atoms with Gasteiger partial charge in [0.15, 0.2) is 0 Å². The van der Waals surface area contributed by atoms with Crippen molar-refractivity contribution >= 4 is 16.8 Å². The molecule has 0 aliphatic carbocycles. The average molecular weight is 388 g/mol.